The molecule has 13 heavy (non-hydrogen) atoms. The van der Waals surface area contributed by atoms with Crippen LogP contribution in [0.1, 0.15) is 0 Å². The Morgan fingerprint density at radius 1 is 1.46 bits per heavy atom. The Balaban J connectivity index is 3.10. The molecule has 0 spiro atoms. The first-order valence-electron chi connectivity index (χ1n) is 3.35. The fraction of sp³-hybridized carbons (Fsp3) is 0.143. The van der Waals surface area contributed by atoms with Crippen LogP contribution in [0.15, 0.2) is 18.2 Å². The maximum absolute atomic E-state index is 10.9. The number of nitrogens with one attached hydrogen (secondary N) is 1. The van der Waals surface area contributed by atoms with Crippen LogP contribution in [0.2, 0.25) is 0 Å². The summed E-state index contributed by atoms with van der Waals surface area (Å²) in [5, 5.41) is 9.25. The van der Waals surface area contributed by atoms with Crippen LogP contribution in [-0.2, 0) is 10.0 Å². The molecule has 2 N–H and O–H groups in total. The van der Waals surface area contributed by atoms with E-state index in [4.69, 9.17) is 0 Å². The molecule has 0 amide bonds. The SMILES string of the molecule is CS(=O)(=O)Nc1cccc(O)c1I. The summed E-state index contributed by atoms with van der Waals surface area (Å²) in [6.07, 6.45) is 1.06. The Morgan fingerprint density at radius 2 is 2.08 bits per heavy atom. The first kappa shape index (κ1) is 10.6. The van der Waals surface area contributed by atoms with E-state index in [1.165, 1.54) is 6.07 Å². The van der Waals surface area contributed by atoms with E-state index in [1.54, 1.807) is 12.1 Å². The molecule has 0 unspecified atom stereocenters. The van der Waals surface area contributed by atoms with Gasteiger partial charge in [-0.1, -0.05) is 6.07 Å². The minimum Gasteiger partial charge on any atom is -0.507 e. The van der Waals surface area contributed by atoms with Crippen molar-refractivity contribution >= 4 is 38.3 Å². The number of aromatic hydroxyl groups is 1. The summed E-state index contributed by atoms with van der Waals surface area (Å²) in [6, 6.07) is 4.66. The van der Waals surface area contributed by atoms with Crippen molar-refractivity contribution in [3.8, 4) is 5.75 Å². The molecule has 1 aromatic carbocycles. The third-order valence-corrected chi connectivity index (χ3v) is 3.00. The molecule has 0 radical (unpaired) electrons. The highest BCUT2D eigenvalue weighted by atomic mass is 127. The third-order valence-electron chi connectivity index (χ3n) is 1.27. The standard InChI is InChI=1S/C7H8INO3S/c1-13(11,12)9-5-3-2-4-6(10)7(5)8/h2-4,9-10H,1H3. The van der Waals surface area contributed by atoms with Crippen LogP contribution in [-0.4, -0.2) is 19.8 Å². The van der Waals surface area contributed by atoms with Gasteiger partial charge in [-0.05, 0) is 34.7 Å². The smallest absolute Gasteiger partial charge is 0.229 e. The highest BCUT2D eigenvalue weighted by Crippen LogP contribution is 2.27. The summed E-state index contributed by atoms with van der Waals surface area (Å²) in [6.45, 7) is 0. The zero-order chi connectivity index (χ0) is 10.1. The Kier molecular flexibility index (Phi) is 3.01. The number of sulfonamides is 1. The van der Waals surface area contributed by atoms with Gasteiger partial charge in [0.15, 0.2) is 0 Å². The zero-order valence-electron chi connectivity index (χ0n) is 6.78. The number of hydrogen-bond donors (Lipinski definition) is 2. The lowest BCUT2D eigenvalue weighted by Crippen LogP contribution is -2.10. The van der Waals surface area contributed by atoms with Crippen LogP contribution < -0.4 is 4.72 Å². The van der Waals surface area contributed by atoms with Crippen LogP contribution in [0.5, 0.6) is 5.75 Å². The molecular formula is C7H8INO3S. The molecule has 0 atom stereocenters. The molecule has 0 fully saturated rings. The van der Waals surface area contributed by atoms with Crippen LogP contribution in [0.25, 0.3) is 0 Å². The van der Waals surface area contributed by atoms with Gasteiger partial charge in [0, 0.05) is 0 Å². The fourth-order valence-corrected chi connectivity index (χ4v) is 2.05. The van der Waals surface area contributed by atoms with E-state index in [9.17, 15) is 13.5 Å². The monoisotopic (exact) mass is 313 g/mol. The molecule has 0 bridgehead atoms. The van der Waals surface area contributed by atoms with E-state index >= 15 is 0 Å². The summed E-state index contributed by atoms with van der Waals surface area (Å²) < 4.78 is 24.5. The Morgan fingerprint density at radius 3 is 2.62 bits per heavy atom. The maximum Gasteiger partial charge on any atom is 0.229 e. The molecule has 0 saturated heterocycles. The van der Waals surface area contributed by atoms with Crippen molar-refractivity contribution < 1.29 is 13.5 Å². The zero-order valence-corrected chi connectivity index (χ0v) is 9.76. The fourth-order valence-electron chi connectivity index (χ4n) is 0.798. The average Bonchev–Trinajstić information content (AvgIpc) is 1.96. The first-order chi connectivity index (χ1) is 5.90. The topological polar surface area (TPSA) is 66.4 Å². The Labute approximate surface area is 90.2 Å². The average molecular weight is 313 g/mol. The number of rotatable bonds is 2. The second-order valence-corrected chi connectivity index (χ2v) is 5.34. The normalized spacial score (nSPS) is 11.2. The summed E-state index contributed by atoms with van der Waals surface area (Å²) >= 11 is 1.87. The summed E-state index contributed by atoms with van der Waals surface area (Å²) in [5.41, 5.74) is 0.392. The largest absolute Gasteiger partial charge is 0.507 e. The van der Waals surface area contributed by atoms with Gasteiger partial charge in [0.1, 0.15) is 5.75 Å². The number of halogens is 1. The van der Waals surface area contributed by atoms with Gasteiger partial charge in [-0.15, -0.1) is 0 Å². The molecule has 72 valence electrons. The lowest BCUT2D eigenvalue weighted by atomic mass is 10.3. The van der Waals surface area contributed by atoms with Crippen LogP contribution in [0, 0.1) is 3.57 Å². The van der Waals surface area contributed by atoms with E-state index in [0.717, 1.165) is 6.26 Å². The minimum atomic E-state index is -3.28. The number of anilines is 1. The summed E-state index contributed by atoms with van der Waals surface area (Å²) in [7, 11) is -3.28. The molecule has 0 aromatic heterocycles. The van der Waals surface area contributed by atoms with Gasteiger partial charge in [0.25, 0.3) is 0 Å². The molecule has 4 nitrogen and oxygen atoms in total. The van der Waals surface area contributed by atoms with Crippen LogP contribution >= 0.6 is 22.6 Å². The molecule has 6 heteroatoms. The first-order valence-corrected chi connectivity index (χ1v) is 6.32. The van der Waals surface area contributed by atoms with Gasteiger partial charge >= 0.3 is 0 Å². The predicted octanol–water partition coefficient (Wildman–Crippen LogP) is 1.37. The van der Waals surface area contributed by atoms with E-state index in [-0.39, 0.29) is 5.75 Å². The quantitative estimate of drug-likeness (QED) is 0.811. The summed E-state index contributed by atoms with van der Waals surface area (Å²) in [5.74, 6) is 0.0641. The van der Waals surface area contributed by atoms with Gasteiger partial charge < -0.3 is 5.11 Å². The Hall–Kier alpha value is -0.500. The van der Waals surface area contributed by atoms with Crippen molar-refractivity contribution in [1.82, 2.24) is 0 Å². The lowest BCUT2D eigenvalue weighted by Gasteiger charge is -2.06. The van der Waals surface area contributed by atoms with Crippen LogP contribution in [0.4, 0.5) is 5.69 Å². The van der Waals surface area contributed by atoms with E-state index in [2.05, 4.69) is 4.72 Å². The van der Waals surface area contributed by atoms with Gasteiger partial charge in [0.2, 0.25) is 10.0 Å². The van der Waals surface area contributed by atoms with Gasteiger partial charge in [-0.25, -0.2) is 8.42 Å². The Bertz CT molecular complexity index is 416. The number of benzene rings is 1. The molecule has 0 heterocycles. The minimum absolute atomic E-state index is 0.0641. The van der Waals surface area contributed by atoms with E-state index < -0.39 is 10.0 Å². The molecule has 1 rings (SSSR count). The second kappa shape index (κ2) is 3.70. The van der Waals surface area contributed by atoms with Crippen molar-refractivity contribution in [3.63, 3.8) is 0 Å². The van der Waals surface area contributed by atoms with Crippen molar-refractivity contribution in [2.75, 3.05) is 11.0 Å². The maximum atomic E-state index is 10.9. The molecular weight excluding hydrogens is 305 g/mol. The molecule has 0 aliphatic carbocycles. The van der Waals surface area contributed by atoms with Crippen molar-refractivity contribution in [3.05, 3.63) is 21.8 Å². The predicted molar refractivity (Wildman–Crippen MR) is 59.3 cm³/mol. The highest BCUT2D eigenvalue weighted by molar-refractivity contribution is 14.1. The molecule has 0 aliphatic rings. The second-order valence-electron chi connectivity index (χ2n) is 2.51. The van der Waals surface area contributed by atoms with Crippen molar-refractivity contribution in [1.29, 1.82) is 0 Å². The van der Waals surface area contributed by atoms with Gasteiger partial charge in [0.05, 0.1) is 15.5 Å². The third kappa shape index (κ3) is 3.03. The van der Waals surface area contributed by atoms with Gasteiger partial charge in [-0.3, -0.25) is 4.72 Å². The molecule has 0 aliphatic heterocycles. The van der Waals surface area contributed by atoms with Crippen LogP contribution in [0.3, 0.4) is 0 Å². The van der Waals surface area contributed by atoms with E-state index in [0.29, 0.717) is 9.26 Å². The van der Waals surface area contributed by atoms with Crippen molar-refractivity contribution in [2.24, 2.45) is 0 Å². The summed E-state index contributed by atoms with van der Waals surface area (Å²) in [4.78, 5) is 0. The highest BCUT2D eigenvalue weighted by Gasteiger charge is 2.07. The lowest BCUT2D eigenvalue weighted by molar-refractivity contribution is 0.472. The number of phenolic OH excluding ortho intramolecular Hbond substituents is 1. The number of phenols is 1. The molecule has 0 saturated carbocycles. The van der Waals surface area contributed by atoms with Gasteiger partial charge in [-0.2, -0.15) is 0 Å². The molecule has 1 aromatic rings. The number of hydrogen-bond acceptors (Lipinski definition) is 3. The van der Waals surface area contributed by atoms with Crippen molar-refractivity contribution in [2.45, 2.75) is 0 Å². The van der Waals surface area contributed by atoms with E-state index in [1.807, 2.05) is 22.6 Å².